The van der Waals surface area contributed by atoms with Crippen LogP contribution in [0.1, 0.15) is 32.6 Å². The Morgan fingerprint density at radius 3 is 1.89 bits per heavy atom. The van der Waals surface area contributed by atoms with E-state index in [-0.39, 0.29) is 18.3 Å². The minimum absolute atomic E-state index is 0. The molecule has 110 valence electrons. The van der Waals surface area contributed by atoms with Crippen molar-refractivity contribution < 1.29 is 4.79 Å². The van der Waals surface area contributed by atoms with Crippen LogP contribution < -0.4 is 21.7 Å². The zero-order valence-corrected chi connectivity index (χ0v) is 12.3. The van der Waals surface area contributed by atoms with Crippen molar-refractivity contribution >= 4 is 18.3 Å². The largest absolute Gasteiger partial charge is 0.356 e. The smallest absolute Gasteiger partial charge is 0.216 e. The lowest BCUT2D eigenvalue weighted by Gasteiger charge is -2.06. The zero-order valence-electron chi connectivity index (χ0n) is 11.5. The normalized spacial score (nSPS) is 9.89. The number of carbonyl (C=O) groups is 1. The summed E-state index contributed by atoms with van der Waals surface area (Å²) in [6.45, 7) is 7.21. The molecule has 0 saturated carbocycles. The summed E-state index contributed by atoms with van der Waals surface area (Å²) in [6, 6.07) is 0. The second-order valence-corrected chi connectivity index (χ2v) is 4.19. The van der Waals surface area contributed by atoms with Gasteiger partial charge in [-0.25, -0.2) is 0 Å². The van der Waals surface area contributed by atoms with Crippen LogP contribution in [0.15, 0.2) is 0 Å². The second kappa shape index (κ2) is 16.6. The molecule has 0 spiro atoms. The van der Waals surface area contributed by atoms with Crippen molar-refractivity contribution in [1.29, 1.82) is 0 Å². The Bertz CT molecular complexity index is 181. The molecule has 0 aliphatic carbocycles. The Hall–Kier alpha value is -0.360. The third kappa shape index (κ3) is 18.0. The first-order chi connectivity index (χ1) is 8.27. The third-order valence-electron chi connectivity index (χ3n) is 2.42. The first kappa shape index (κ1) is 20.0. The van der Waals surface area contributed by atoms with Gasteiger partial charge in [-0.05, 0) is 58.4 Å². The van der Waals surface area contributed by atoms with E-state index < -0.39 is 0 Å². The van der Waals surface area contributed by atoms with Gasteiger partial charge in [0.25, 0.3) is 0 Å². The summed E-state index contributed by atoms with van der Waals surface area (Å²) in [6.07, 6.45) is 4.44. The summed E-state index contributed by atoms with van der Waals surface area (Å²) in [5.41, 5.74) is 5.39. The number of hydrogen-bond donors (Lipinski definition) is 4. The zero-order chi connectivity index (χ0) is 12.8. The van der Waals surface area contributed by atoms with Gasteiger partial charge in [0.05, 0.1) is 0 Å². The molecule has 0 rings (SSSR count). The predicted molar refractivity (Wildman–Crippen MR) is 79.2 cm³/mol. The first-order valence-electron chi connectivity index (χ1n) is 6.63. The number of hydrogen-bond acceptors (Lipinski definition) is 4. The van der Waals surface area contributed by atoms with E-state index in [1.165, 1.54) is 12.8 Å². The third-order valence-corrected chi connectivity index (χ3v) is 2.42. The van der Waals surface area contributed by atoms with Crippen LogP contribution >= 0.6 is 12.4 Å². The van der Waals surface area contributed by atoms with Crippen molar-refractivity contribution in [2.45, 2.75) is 32.6 Å². The van der Waals surface area contributed by atoms with E-state index >= 15 is 0 Å². The predicted octanol–water partition coefficient (Wildman–Crippen LogP) is 0.243. The van der Waals surface area contributed by atoms with E-state index in [1.54, 1.807) is 6.92 Å². The van der Waals surface area contributed by atoms with Crippen LogP contribution in [0.25, 0.3) is 0 Å². The first-order valence-corrected chi connectivity index (χ1v) is 6.63. The quantitative estimate of drug-likeness (QED) is 0.386. The average Bonchev–Trinajstić information content (AvgIpc) is 2.30. The highest BCUT2D eigenvalue weighted by Crippen LogP contribution is 1.85. The van der Waals surface area contributed by atoms with Gasteiger partial charge in [-0.1, -0.05) is 0 Å². The van der Waals surface area contributed by atoms with Gasteiger partial charge in [-0.2, -0.15) is 0 Å². The summed E-state index contributed by atoms with van der Waals surface area (Å²) in [4.78, 5) is 10.6. The van der Waals surface area contributed by atoms with E-state index in [0.29, 0.717) is 0 Å². The maximum Gasteiger partial charge on any atom is 0.216 e. The molecule has 0 aliphatic heterocycles. The highest BCUT2D eigenvalue weighted by atomic mass is 35.5. The summed E-state index contributed by atoms with van der Waals surface area (Å²) in [7, 11) is 0. The van der Waals surface area contributed by atoms with Crippen LogP contribution in [0.5, 0.6) is 0 Å². The van der Waals surface area contributed by atoms with Gasteiger partial charge in [-0.15, -0.1) is 12.4 Å². The summed E-state index contributed by atoms with van der Waals surface area (Å²) in [5, 5.41) is 9.49. The maximum absolute atomic E-state index is 10.6. The fourth-order valence-corrected chi connectivity index (χ4v) is 1.45. The van der Waals surface area contributed by atoms with E-state index in [0.717, 1.165) is 52.1 Å². The van der Waals surface area contributed by atoms with E-state index in [2.05, 4.69) is 16.0 Å². The molecule has 0 unspecified atom stereocenters. The average molecular weight is 281 g/mol. The summed E-state index contributed by atoms with van der Waals surface area (Å²) in [5.74, 6) is 0.0496. The molecule has 18 heavy (non-hydrogen) atoms. The Balaban J connectivity index is 0. The van der Waals surface area contributed by atoms with Crippen molar-refractivity contribution in [3.05, 3.63) is 0 Å². The molecule has 0 aromatic carbocycles. The molecule has 6 heteroatoms. The molecule has 0 aromatic heterocycles. The van der Waals surface area contributed by atoms with Gasteiger partial charge in [-0.3, -0.25) is 4.79 Å². The lowest BCUT2D eigenvalue weighted by atomic mass is 10.3. The van der Waals surface area contributed by atoms with Crippen LogP contribution in [0, 0.1) is 0 Å². The Labute approximate surface area is 117 Å². The lowest BCUT2D eigenvalue weighted by molar-refractivity contribution is -0.118. The van der Waals surface area contributed by atoms with Gasteiger partial charge in [0.15, 0.2) is 0 Å². The van der Waals surface area contributed by atoms with Crippen LogP contribution in [0.4, 0.5) is 0 Å². The fraction of sp³-hybridized carbons (Fsp3) is 0.917. The van der Waals surface area contributed by atoms with Gasteiger partial charge in [0.2, 0.25) is 5.91 Å². The second-order valence-electron chi connectivity index (χ2n) is 4.19. The van der Waals surface area contributed by atoms with E-state index in [4.69, 9.17) is 5.73 Å². The number of amides is 1. The maximum atomic E-state index is 10.6. The highest BCUT2D eigenvalue weighted by molar-refractivity contribution is 5.85. The van der Waals surface area contributed by atoms with Crippen LogP contribution in [-0.2, 0) is 4.79 Å². The molecule has 0 atom stereocenters. The Morgan fingerprint density at radius 2 is 1.39 bits per heavy atom. The van der Waals surface area contributed by atoms with Crippen molar-refractivity contribution in [3.8, 4) is 0 Å². The standard InChI is InChI=1S/C12H28N4O.ClH/c1-12(17)16-11-5-10-15-8-3-2-7-14-9-4-6-13;/h14-15H,2-11,13H2,1H3,(H,16,17);1H. The van der Waals surface area contributed by atoms with Gasteiger partial charge in [0.1, 0.15) is 0 Å². The van der Waals surface area contributed by atoms with Gasteiger partial charge >= 0.3 is 0 Å². The number of halogens is 1. The molecule has 0 saturated heterocycles. The lowest BCUT2D eigenvalue weighted by Crippen LogP contribution is -2.26. The topological polar surface area (TPSA) is 79.2 Å². The summed E-state index contributed by atoms with van der Waals surface area (Å²) < 4.78 is 0. The van der Waals surface area contributed by atoms with Crippen LogP contribution in [0.2, 0.25) is 0 Å². The Morgan fingerprint density at radius 1 is 0.889 bits per heavy atom. The number of nitrogens with two attached hydrogens (primary N) is 1. The number of unbranched alkanes of at least 4 members (excludes halogenated alkanes) is 1. The molecular formula is C12H29ClN4O. The van der Waals surface area contributed by atoms with Crippen molar-refractivity contribution in [1.82, 2.24) is 16.0 Å². The molecule has 0 heterocycles. The molecule has 1 amide bonds. The minimum atomic E-state index is 0. The van der Waals surface area contributed by atoms with Crippen LogP contribution in [0.3, 0.4) is 0 Å². The molecule has 0 bridgehead atoms. The molecule has 0 radical (unpaired) electrons. The van der Waals surface area contributed by atoms with Crippen molar-refractivity contribution in [2.75, 3.05) is 39.3 Å². The molecule has 5 nitrogen and oxygen atoms in total. The fourth-order valence-electron chi connectivity index (χ4n) is 1.45. The molecule has 0 aliphatic rings. The minimum Gasteiger partial charge on any atom is -0.356 e. The van der Waals surface area contributed by atoms with E-state index in [1.807, 2.05) is 0 Å². The summed E-state index contributed by atoms with van der Waals surface area (Å²) >= 11 is 0. The van der Waals surface area contributed by atoms with Crippen LogP contribution in [-0.4, -0.2) is 45.2 Å². The van der Waals surface area contributed by atoms with Gasteiger partial charge in [0, 0.05) is 13.5 Å². The molecular weight excluding hydrogens is 252 g/mol. The number of rotatable bonds is 12. The molecule has 0 fully saturated rings. The monoisotopic (exact) mass is 280 g/mol. The Kier molecular flexibility index (Phi) is 18.5. The van der Waals surface area contributed by atoms with Crippen molar-refractivity contribution in [2.24, 2.45) is 5.73 Å². The van der Waals surface area contributed by atoms with E-state index in [9.17, 15) is 4.79 Å². The SMILES string of the molecule is CC(=O)NCCCNCCCCNCCCN.Cl. The van der Waals surface area contributed by atoms with Gasteiger partial charge < -0.3 is 21.7 Å². The number of nitrogens with one attached hydrogen (secondary N) is 3. The highest BCUT2D eigenvalue weighted by Gasteiger charge is 1.92. The van der Waals surface area contributed by atoms with Crippen molar-refractivity contribution in [3.63, 3.8) is 0 Å². The molecule has 5 N–H and O–H groups in total. The molecule has 0 aromatic rings. The number of carbonyl (C=O) groups excluding carboxylic acids is 1.